The van der Waals surface area contributed by atoms with Crippen LogP contribution in [-0.2, 0) is 0 Å². The van der Waals surface area contributed by atoms with Gasteiger partial charge in [0.2, 0.25) is 0 Å². The largest absolute Gasteiger partial charge is 0.209 e. The Morgan fingerprint density at radius 2 is 1.03 bits per heavy atom. The zero-order valence-electron chi connectivity index (χ0n) is 34.5. The number of hydrogen-bond acceptors (Lipinski definition) is 3. The fourth-order valence-electron chi connectivity index (χ4n) is 8.47. The first kappa shape index (κ1) is 38.4. The van der Waals surface area contributed by atoms with Gasteiger partial charge in [0.1, 0.15) is 0 Å². The number of allylic oxidation sites excluding steroid dienone is 8. The van der Waals surface area contributed by atoms with Gasteiger partial charge in [-0.25, -0.2) is 15.0 Å². The molecule has 0 saturated heterocycles. The summed E-state index contributed by atoms with van der Waals surface area (Å²) in [5.41, 5.74) is 11.8. The van der Waals surface area contributed by atoms with Crippen LogP contribution in [0.5, 0.6) is 0 Å². The molecule has 1 atom stereocenters. The average Bonchev–Trinajstić information content (AvgIpc) is 3.32. The standard InChI is InChI=1S/C57H46N3P/c1-39-20-24-44(25-21-39)55-58-56(45-26-22-40(2)23-27-45)60-57(59-55)46-34-32-43(33-35-46)52-37-36-51(53-18-9-10-19-54(52)53)42-30-28-41(29-31-42)47-12-11-17-50(38-47)61(48-13-5-3-6-14-48)49-15-7-4-8-16-49/h3-20,22,24-26,28-39H,21,23,27H2,1-2H3. The molecule has 10 rings (SSSR count). The molecule has 0 spiro atoms. The van der Waals surface area contributed by atoms with Crippen LogP contribution < -0.4 is 15.9 Å². The van der Waals surface area contributed by atoms with Crippen LogP contribution in [0.25, 0.3) is 66.7 Å². The van der Waals surface area contributed by atoms with E-state index in [0.29, 0.717) is 11.7 Å². The number of hydrogen-bond donors (Lipinski definition) is 0. The summed E-state index contributed by atoms with van der Waals surface area (Å²) in [5, 5.41) is 6.51. The van der Waals surface area contributed by atoms with Crippen molar-refractivity contribution in [1.29, 1.82) is 0 Å². The summed E-state index contributed by atoms with van der Waals surface area (Å²) in [5.74, 6) is 2.73. The maximum Gasteiger partial charge on any atom is 0.164 e. The van der Waals surface area contributed by atoms with Crippen LogP contribution in [0.4, 0.5) is 0 Å². The second-order valence-electron chi connectivity index (χ2n) is 16.2. The molecule has 8 aromatic rings. The summed E-state index contributed by atoms with van der Waals surface area (Å²) in [6, 6.07) is 62.0. The average molecular weight is 804 g/mol. The second kappa shape index (κ2) is 17.1. The molecule has 0 radical (unpaired) electrons. The summed E-state index contributed by atoms with van der Waals surface area (Å²) in [4.78, 5) is 15.1. The van der Waals surface area contributed by atoms with E-state index < -0.39 is 7.92 Å². The van der Waals surface area contributed by atoms with Gasteiger partial charge in [0.15, 0.2) is 17.5 Å². The Bertz CT molecular complexity index is 2960. The number of aromatic nitrogens is 3. The highest BCUT2D eigenvalue weighted by atomic mass is 31.1. The molecule has 0 saturated carbocycles. The fourth-order valence-corrected chi connectivity index (χ4v) is 10.8. The van der Waals surface area contributed by atoms with Crippen LogP contribution in [0.1, 0.15) is 44.8 Å². The number of nitrogens with zero attached hydrogens (tertiary/aromatic N) is 3. The summed E-state index contributed by atoms with van der Waals surface area (Å²) < 4.78 is 0. The van der Waals surface area contributed by atoms with Crippen LogP contribution in [0.2, 0.25) is 0 Å². The first-order valence-electron chi connectivity index (χ1n) is 21.3. The van der Waals surface area contributed by atoms with E-state index in [4.69, 9.17) is 15.0 Å². The molecule has 61 heavy (non-hydrogen) atoms. The Labute approximate surface area is 360 Å². The van der Waals surface area contributed by atoms with Gasteiger partial charge in [-0.1, -0.05) is 207 Å². The smallest absolute Gasteiger partial charge is 0.164 e. The summed E-state index contributed by atoms with van der Waals surface area (Å²) in [6.07, 6.45) is 14.0. The van der Waals surface area contributed by atoms with E-state index in [1.165, 1.54) is 60.1 Å². The topological polar surface area (TPSA) is 38.7 Å². The molecular weight excluding hydrogens is 758 g/mol. The third kappa shape index (κ3) is 8.10. The summed E-state index contributed by atoms with van der Waals surface area (Å²) in [7, 11) is -0.679. The summed E-state index contributed by atoms with van der Waals surface area (Å²) >= 11 is 0. The van der Waals surface area contributed by atoms with Gasteiger partial charge in [-0.15, -0.1) is 0 Å². The number of benzene rings is 7. The van der Waals surface area contributed by atoms with Crippen LogP contribution >= 0.6 is 7.92 Å². The van der Waals surface area contributed by atoms with E-state index in [0.717, 1.165) is 53.2 Å². The lowest BCUT2D eigenvalue weighted by Crippen LogP contribution is -2.20. The third-order valence-corrected chi connectivity index (χ3v) is 14.3. The highest BCUT2D eigenvalue weighted by Crippen LogP contribution is 2.38. The first-order valence-corrected chi connectivity index (χ1v) is 22.6. The predicted octanol–water partition coefficient (Wildman–Crippen LogP) is 13.6. The molecule has 0 bridgehead atoms. The van der Waals surface area contributed by atoms with E-state index in [9.17, 15) is 0 Å². The van der Waals surface area contributed by atoms with Crippen molar-refractivity contribution in [2.45, 2.75) is 33.1 Å². The van der Waals surface area contributed by atoms with E-state index in [-0.39, 0.29) is 0 Å². The van der Waals surface area contributed by atoms with E-state index in [2.05, 4.69) is 214 Å². The molecule has 2 aliphatic carbocycles. The van der Waals surface area contributed by atoms with Crippen LogP contribution in [0.15, 0.2) is 206 Å². The predicted molar refractivity (Wildman–Crippen MR) is 260 cm³/mol. The van der Waals surface area contributed by atoms with Crippen molar-refractivity contribution in [2.24, 2.45) is 5.92 Å². The molecule has 1 heterocycles. The van der Waals surface area contributed by atoms with Crippen molar-refractivity contribution >= 4 is 45.8 Å². The van der Waals surface area contributed by atoms with Crippen molar-refractivity contribution in [3.05, 3.63) is 217 Å². The lowest BCUT2D eigenvalue weighted by atomic mass is 9.91. The van der Waals surface area contributed by atoms with Gasteiger partial charge in [0.05, 0.1) is 0 Å². The number of rotatable bonds is 9. The minimum absolute atomic E-state index is 0.519. The maximum absolute atomic E-state index is 5.05. The Hall–Kier alpha value is -6.80. The Morgan fingerprint density at radius 3 is 1.62 bits per heavy atom. The molecule has 1 aromatic heterocycles. The summed E-state index contributed by atoms with van der Waals surface area (Å²) in [6.45, 7) is 4.42. The number of fused-ring (bicyclic) bond motifs is 1. The van der Waals surface area contributed by atoms with Crippen molar-refractivity contribution < 1.29 is 0 Å². The monoisotopic (exact) mass is 803 g/mol. The second-order valence-corrected chi connectivity index (χ2v) is 18.4. The van der Waals surface area contributed by atoms with E-state index in [1.54, 1.807) is 0 Å². The molecule has 4 heteroatoms. The fraction of sp³-hybridized carbons (Fsp3) is 0.105. The van der Waals surface area contributed by atoms with Crippen molar-refractivity contribution in [3.8, 4) is 44.8 Å². The molecule has 0 amide bonds. The SMILES string of the molecule is CC1=CC=C(c2nc(C3=CCC(C)C=C3)nc(-c3ccc(-c4ccc(-c5ccc(-c6cccc(P(c7ccccc7)c7ccccc7)c6)cc5)c5ccccc45)cc3)n2)CC1. The molecule has 294 valence electrons. The molecular formula is C57H46N3P. The van der Waals surface area contributed by atoms with Gasteiger partial charge in [-0.2, -0.15) is 0 Å². The van der Waals surface area contributed by atoms with E-state index >= 15 is 0 Å². The zero-order chi connectivity index (χ0) is 41.1. The van der Waals surface area contributed by atoms with Crippen molar-refractivity contribution in [1.82, 2.24) is 15.0 Å². The Kier molecular flexibility index (Phi) is 10.7. The molecule has 0 fully saturated rings. The minimum Gasteiger partial charge on any atom is -0.209 e. The van der Waals surface area contributed by atoms with Crippen molar-refractivity contribution in [3.63, 3.8) is 0 Å². The molecule has 2 aliphatic rings. The maximum atomic E-state index is 5.05. The third-order valence-electron chi connectivity index (χ3n) is 11.9. The quantitative estimate of drug-likeness (QED) is 0.136. The molecule has 0 N–H and O–H groups in total. The van der Waals surface area contributed by atoms with Crippen molar-refractivity contribution in [2.75, 3.05) is 0 Å². The van der Waals surface area contributed by atoms with Gasteiger partial charge in [0.25, 0.3) is 0 Å². The van der Waals surface area contributed by atoms with Gasteiger partial charge < -0.3 is 0 Å². The van der Waals surface area contributed by atoms with Gasteiger partial charge in [-0.3, -0.25) is 0 Å². The normalized spacial score (nSPS) is 15.1. The highest BCUT2D eigenvalue weighted by Gasteiger charge is 2.19. The Morgan fingerprint density at radius 1 is 0.475 bits per heavy atom. The Balaban J connectivity index is 0.948. The van der Waals surface area contributed by atoms with E-state index in [1.807, 2.05) is 0 Å². The van der Waals surface area contributed by atoms with Crippen LogP contribution in [-0.4, -0.2) is 15.0 Å². The highest BCUT2D eigenvalue weighted by molar-refractivity contribution is 7.79. The zero-order valence-corrected chi connectivity index (χ0v) is 35.4. The molecule has 1 unspecified atom stereocenters. The minimum atomic E-state index is -0.679. The van der Waals surface area contributed by atoms with Crippen LogP contribution in [0.3, 0.4) is 0 Å². The van der Waals surface area contributed by atoms with Gasteiger partial charge in [-0.05, 0) is 112 Å². The van der Waals surface area contributed by atoms with Crippen LogP contribution in [0, 0.1) is 5.92 Å². The lowest BCUT2D eigenvalue weighted by molar-refractivity contribution is 0.738. The van der Waals surface area contributed by atoms with Gasteiger partial charge in [0, 0.05) is 11.1 Å². The first-order chi connectivity index (χ1) is 30.0. The molecule has 3 nitrogen and oxygen atoms in total. The van der Waals surface area contributed by atoms with Gasteiger partial charge >= 0.3 is 0 Å². The lowest BCUT2D eigenvalue weighted by Gasteiger charge is -2.20. The molecule has 0 aliphatic heterocycles. The molecule has 7 aromatic carbocycles.